The van der Waals surface area contributed by atoms with Crippen LogP contribution in [0.3, 0.4) is 0 Å². The number of aryl methyl sites for hydroxylation is 1. The Morgan fingerprint density at radius 1 is 0.649 bits per heavy atom. The van der Waals surface area contributed by atoms with Crippen LogP contribution in [-0.2, 0) is 11.2 Å². The van der Waals surface area contributed by atoms with Crippen LogP contribution < -0.4 is 5.32 Å². The summed E-state index contributed by atoms with van der Waals surface area (Å²) in [4.78, 5) is 11.3. The fourth-order valence-electron chi connectivity index (χ4n) is 2.32. The number of aromatic nitrogens is 4. The fraction of sp³-hybridized carbons (Fsp3) is 0.857. The number of tetrazole rings is 1. The average Bonchev–Trinajstić information content (AvgIpc) is 3.25. The monoisotopic (exact) mass is 587 g/mol. The molecule has 0 spiro atoms. The van der Waals surface area contributed by atoms with Gasteiger partial charge in [0.25, 0.3) is 5.91 Å². The van der Waals surface area contributed by atoms with Gasteiger partial charge in [-0.05, 0) is 23.3 Å². The van der Waals surface area contributed by atoms with Crippen LogP contribution >= 0.6 is 0 Å². The summed E-state index contributed by atoms with van der Waals surface area (Å²) in [5, 5.41) is 12.6. The molecule has 0 saturated heterocycles. The van der Waals surface area contributed by atoms with Crippen molar-refractivity contribution in [3.63, 3.8) is 0 Å². The Labute approximate surface area is 191 Å². The molecule has 1 rings (SSSR count). The van der Waals surface area contributed by atoms with Gasteiger partial charge >= 0.3 is 47.6 Å². The Morgan fingerprint density at radius 2 is 1.08 bits per heavy atom. The number of hydrogen-bond donors (Lipinski definition) is 2. The summed E-state index contributed by atoms with van der Waals surface area (Å²) in [6.07, 6.45) is -8.45. The van der Waals surface area contributed by atoms with Crippen LogP contribution in [-0.4, -0.2) is 80.7 Å². The van der Waals surface area contributed by atoms with Crippen molar-refractivity contribution < 1.29 is 79.4 Å². The maximum Gasteiger partial charge on any atom is 0.460 e. The van der Waals surface area contributed by atoms with Gasteiger partial charge in [0, 0.05) is 13.0 Å². The van der Waals surface area contributed by atoms with Crippen molar-refractivity contribution in [1.29, 1.82) is 0 Å². The maximum atomic E-state index is 13.7. The van der Waals surface area contributed by atoms with Crippen molar-refractivity contribution >= 4 is 5.91 Å². The summed E-state index contributed by atoms with van der Waals surface area (Å²) in [7, 11) is 0. The largest absolute Gasteiger partial charge is 0.460 e. The summed E-state index contributed by atoms with van der Waals surface area (Å²) in [5.74, 6) is -61.4. The van der Waals surface area contributed by atoms with Gasteiger partial charge in [0.1, 0.15) is 5.82 Å². The van der Waals surface area contributed by atoms with Crippen LogP contribution in [0.1, 0.15) is 18.7 Å². The van der Waals surface area contributed by atoms with Crippen LogP contribution in [0.15, 0.2) is 0 Å². The second-order valence-corrected chi connectivity index (χ2v) is 7.08. The van der Waals surface area contributed by atoms with E-state index in [2.05, 4.69) is 20.6 Å². The molecule has 0 aliphatic carbocycles. The van der Waals surface area contributed by atoms with Gasteiger partial charge < -0.3 is 5.32 Å². The Balaban J connectivity index is 3.21. The molecular formula is C14H10F17N5O. The van der Waals surface area contributed by atoms with E-state index in [1.165, 1.54) is 0 Å². The van der Waals surface area contributed by atoms with Crippen LogP contribution in [0, 0.1) is 0 Å². The molecule has 0 aliphatic heterocycles. The van der Waals surface area contributed by atoms with Gasteiger partial charge in [0.2, 0.25) is 0 Å². The van der Waals surface area contributed by atoms with Gasteiger partial charge in [-0.3, -0.25) is 4.79 Å². The molecule has 0 fully saturated rings. The van der Waals surface area contributed by atoms with Crippen LogP contribution in [0.2, 0.25) is 0 Å². The van der Waals surface area contributed by atoms with Crippen LogP contribution in [0.4, 0.5) is 74.6 Å². The number of amides is 1. The highest BCUT2D eigenvalue weighted by molar-refractivity contribution is 5.84. The lowest BCUT2D eigenvalue weighted by Gasteiger charge is -2.42. The molecule has 0 atom stereocenters. The third kappa shape index (κ3) is 4.95. The lowest BCUT2D eigenvalue weighted by Crippen LogP contribution is -2.75. The molecule has 1 amide bonds. The standard InChI is InChI=1S/C14H10F17N5O/c15-7(16,6(37)32-4-2-1-3-5-33-35-36-34-5)8(17,18)9(19,20)10(21,22)11(23,24)12(25,26)13(27,28)14(29,30)31/h1-4H2,(H,32,37)(H,33,34,35,36). The smallest absolute Gasteiger partial charge is 0.351 e. The van der Waals surface area contributed by atoms with Gasteiger partial charge in [0.05, 0.1) is 0 Å². The van der Waals surface area contributed by atoms with E-state index in [1.807, 2.05) is 0 Å². The van der Waals surface area contributed by atoms with Gasteiger partial charge in [-0.25, -0.2) is 5.10 Å². The first-order valence-electron chi connectivity index (χ1n) is 8.97. The van der Waals surface area contributed by atoms with Gasteiger partial charge in [-0.1, -0.05) is 0 Å². The third-order valence-corrected chi connectivity index (χ3v) is 4.52. The number of aromatic amines is 1. The van der Waals surface area contributed by atoms with Gasteiger partial charge in [-0.2, -0.15) is 74.6 Å². The molecule has 216 valence electrons. The summed E-state index contributed by atoms with van der Waals surface area (Å²) in [6, 6.07) is 0. The SMILES string of the molecule is O=C(NCCCCc1nnn[nH]1)C(F)(F)C(F)(F)C(F)(F)C(F)(F)C(F)(F)C(F)(F)C(F)(F)C(F)(F)F. The molecule has 2 N–H and O–H groups in total. The van der Waals surface area contributed by atoms with E-state index in [9.17, 15) is 79.4 Å². The Bertz CT molecular complexity index is 927. The third-order valence-electron chi connectivity index (χ3n) is 4.52. The van der Waals surface area contributed by atoms with Crippen molar-refractivity contribution in [2.45, 2.75) is 66.9 Å². The number of H-pyrrole nitrogens is 1. The highest BCUT2D eigenvalue weighted by Crippen LogP contribution is 2.63. The summed E-state index contributed by atoms with van der Waals surface area (Å²) >= 11 is 0. The van der Waals surface area contributed by atoms with Crippen molar-refractivity contribution in [2.75, 3.05) is 6.54 Å². The van der Waals surface area contributed by atoms with E-state index in [4.69, 9.17) is 0 Å². The van der Waals surface area contributed by atoms with E-state index in [-0.39, 0.29) is 18.7 Å². The Morgan fingerprint density at radius 3 is 1.49 bits per heavy atom. The normalized spacial score (nSPS) is 15.2. The number of rotatable bonds is 12. The highest BCUT2D eigenvalue weighted by atomic mass is 19.4. The lowest BCUT2D eigenvalue weighted by atomic mass is 9.89. The molecule has 1 aromatic heterocycles. The molecule has 23 heteroatoms. The molecular weight excluding hydrogens is 577 g/mol. The molecule has 0 unspecified atom stereocenters. The van der Waals surface area contributed by atoms with E-state index in [1.54, 1.807) is 0 Å². The predicted molar refractivity (Wildman–Crippen MR) is 80.8 cm³/mol. The molecule has 6 nitrogen and oxygen atoms in total. The minimum absolute atomic E-state index is 0.0639. The Kier molecular flexibility index (Phi) is 8.39. The average molecular weight is 587 g/mol. The maximum absolute atomic E-state index is 13.7. The zero-order chi connectivity index (χ0) is 29.5. The topological polar surface area (TPSA) is 83.6 Å². The number of unbranched alkanes of at least 4 members (excludes halogenated alkanes) is 1. The van der Waals surface area contributed by atoms with E-state index in [0.29, 0.717) is 0 Å². The number of carbonyl (C=O) groups is 1. The number of hydrogen-bond acceptors (Lipinski definition) is 4. The number of alkyl halides is 17. The minimum atomic E-state index is -8.74. The first-order valence-corrected chi connectivity index (χ1v) is 8.97. The minimum Gasteiger partial charge on any atom is -0.351 e. The summed E-state index contributed by atoms with van der Waals surface area (Å²) < 4.78 is 223. The first kappa shape index (κ1) is 32.4. The molecule has 37 heavy (non-hydrogen) atoms. The highest BCUT2D eigenvalue weighted by Gasteiger charge is 2.95. The summed E-state index contributed by atoms with van der Waals surface area (Å²) in [6.45, 7) is -1.08. The second kappa shape index (κ2) is 9.58. The van der Waals surface area contributed by atoms with E-state index < -0.39 is 66.5 Å². The quantitative estimate of drug-likeness (QED) is 0.276. The number of nitrogens with zero attached hydrogens (tertiary/aromatic N) is 3. The first-order chi connectivity index (χ1) is 16.2. The van der Waals surface area contributed by atoms with Crippen molar-refractivity contribution in [3.8, 4) is 0 Å². The summed E-state index contributed by atoms with van der Waals surface area (Å²) in [5.41, 5.74) is 0. The molecule has 0 aromatic carbocycles. The zero-order valence-electron chi connectivity index (χ0n) is 17.0. The fourth-order valence-corrected chi connectivity index (χ4v) is 2.32. The molecule has 0 radical (unpaired) electrons. The number of halogens is 17. The van der Waals surface area contributed by atoms with E-state index in [0.717, 1.165) is 5.32 Å². The number of nitrogens with one attached hydrogen (secondary N) is 2. The van der Waals surface area contributed by atoms with Gasteiger partial charge in [-0.15, -0.1) is 5.10 Å². The molecule has 0 aliphatic rings. The van der Waals surface area contributed by atoms with Crippen molar-refractivity contribution in [2.24, 2.45) is 0 Å². The predicted octanol–water partition coefficient (Wildman–Crippen LogP) is 4.65. The van der Waals surface area contributed by atoms with Crippen LogP contribution in [0.25, 0.3) is 0 Å². The molecule has 1 heterocycles. The van der Waals surface area contributed by atoms with Crippen LogP contribution in [0.5, 0.6) is 0 Å². The lowest BCUT2D eigenvalue weighted by molar-refractivity contribution is -0.459. The molecule has 0 bridgehead atoms. The Hall–Kier alpha value is -2.65. The molecule has 0 saturated carbocycles. The second-order valence-electron chi connectivity index (χ2n) is 7.08. The van der Waals surface area contributed by atoms with Gasteiger partial charge in [0.15, 0.2) is 0 Å². The number of carbonyl (C=O) groups excluding carboxylic acids is 1. The van der Waals surface area contributed by atoms with E-state index >= 15 is 0 Å². The van der Waals surface area contributed by atoms with Crippen molar-refractivity contribution in [1.82, 2.24) is 25.9 Å². The molecule has 1 aromatic rings. The zero-order valence-corrected chi connectivity index (χ0v) is 17.0. The van der Waals surface area contributed by atoms with Crippen molar-refractivity contribution in [3.05, 3.63) is 5.82 Å².